The molecule has 0 radical (unpaired) electrons. The molecule has 1 atom stereocenters. The number of carbonyl (C=O) groups excluding carboxylic acids is 1. The second kappa shape index (κ2) is 7.98. The van der Waals surface area contributed by atoms with Crippen LogP contribution >= 0.6 is 0 Å². The van der Waals surface area contributed by atoms with Gasteiger partial charge in [-0.3, -0.25) is 4.79 Å². The molecule has 2 aromatic carbocycles. The molecule has 1 unspecified atom stereocenters. The number of carbonyl (C=O) groups is 1. The molecule has 0 aliphatic carbocycles. The summed E-state index contributed by atoms with van der Waals surface area (Å²) in [5, 5.41) is 12.3. The molecule has 1 saturated heterocycles. The number of aliphatic hydroxyl groups is 1. The fourth-order valence-corrected chi connectivity index (χ4v) is 2.81. The van der Waals surface area contributed by atoms with E-state index < -0.39 is 0 Å². The maximum absolute atomic E-state index is 12.9. The van der Waals surface area contributed by atoms with Gasteiger partial charge >= 0.3 is 0 Å². The summed E-state index contributed by atoms with van der Waals surface area (Å²) in [5.41, 5.74) is 1.65. The van der Waals surface area contributed by atoms with Crippen LogP contribution in [0.4, 0.5) is 10.1 Å². The third kappa shape index (κ3) is 4.70. The van der Waals surface area contributed by atoms with Gasteiger partial charge in [0.15, 0.2) is 6.61 Å². The van der Waals surface area contributed by atoms with Gasteiger partial charge in [-0.15, -0.1) is 0 Å². The van der Waals surface area contributed by atoms with Crippen LogP contribution in [0.5, 0.6) is 5.75 Å². The molecular weight excluding hydrogens is 323 g/mol. The fourth-order valence-electron chi connectivity index (χ4n) is 2.81. The minimum Gasteiger partial charge on any atom is -0.484 e. The first-order valence-electron chi connectivity index (χ1n) is 8.26. The predicted octanol–water partition coefficient (Wildman–Crippen LogP) is 2.41. The molecule has 1 aliphatic rings. The van der Waals surface area contributed by atoms with E-state index in [0.29, 0.717) is 18.8 Å². The Morgan fingerprint density at radius 1 is 1.20 bits per heavy atom. The van der Waals surface area contributed by atoms with Gasteiger partial charge in [-0.25, -0.2) is 4.39 Å². The highest BCUT2D eigenvalue weighted by molar-refractivity contribution is 5.78. The van der Waals surface area contributed by atoms with E-state index in [1.807, 2.05) is 0 Å². The minimum absolute atomic E-state index is 0.0122. The molecule has 6 heteroatoms. The quantitative estimate of drug-likeness (QED) is 0.845. The lowest BCUT2D eigenvalue weighted by atomic mass is 10.2. The Bertz CT molecular complexity index is 704. The second-order valence-corrected chi connectivity index (χ2v) is 6.07. The fraction of sp³-hybridized carbons (Fsp3) is 0.316. The summed E-state index contributed by atoms with van der Waals surface area (Å²) in [7, 11) is 0. The van der Waals surface area contributed by atoms with Gasteiger partial charge in [0.05, 0.1) is 6.61 Å². The van der Waals surface area contributed by atoms with E-state index in [2.05, 4.69) is 5.32 Å². The molecule has 1 heterocycles. The molecule has 0 spiro atoms. The Kier molecular flexibility index (Phi) is 5.50. The summed E-state index contributed by atoms with van der Waals surface area (Å²) in [6.45, 7) is 1.24. The highest BCUT2D eigenvalue weighted by Gasteiger charge is 2.26. The lowest BCUT2D eigenvalue weighted by Gasteiger charge is -2.18. The van der Waals surface area contributed by atoms with E-state index in [0.717, 1.165) is 17.7 Å². The van der Waals surface area contributed by atoms with E-state index in [-0.39, 0.29) is 31.0 Å². The number of amides is 1. The number of likely N-dealkylation sites (tertiary alicyclic amines) is 1. The van der Waals surface area contributed by atoms with Gasteiger partial charge < -0.3 is 20.1 Å². The molecule has 1 amide bonds. The average Bonchev–Trinajstić information content (AvgIpc) is 3.10. The summed E-state index contributed by atoms with van der Waals surface area (Å²) in [6, 6.07) is 13.4. The molecular formula is C19H21FN2O3. The van der Waals surface area contributed by atoms with Crippen molar-refractivity contribution in [3.05, 3.63) is 59.9 Å². The van der Waals surface area contributed by atoms with Crippen molar-refractivity contribution in [2.45, 2.75) is 19.1 Å². The summed E-state index contributed by atoms with van der Waals surface area (Å²) < 4.78 is 18.4. The molecule has 0 aromatic heterocycles. The van der Waals surface area contributed by atoms with Gasteiger partial charge in [0.25, 0.3) is 5.91 Å². The summed E-state index contributed by atoms with van der Waals surface area (Å²) >= 11 is 0. The van der Waals surface area contributed by atoms with Crippen molar-refractivity contribution in [2.24, 2.45) is 0 Å². The molecule has 0 bridgehead atoms. The smallest absolute Gasteiger partial charge is 0.260 e. The highest BCUT2D eigenvalue weighted by atomic mass is 19.1. The first-order valence-corrected chi connectivity index (χ1v) is 8.26. The Hall–Kier alpha value is -2.60. The van der Waals surface area contributed by atoms with Crippen LogP contribution in [0.1, 0.15) is 12.0 Å². The van der Waals surface area contributed by atoms with Crippen molar-refractivity contribution < 1.29 is 19.0 Å². The van der Waals surface area contributed by atoms with E-state index in [1.54, 1.807) is 41.3 Å². The van der Waals surface area contributed by atoms with E-state index in [9.17, 15) is 9.18 Å². The predicted molar refractivity (Wildman–Crippen MR) is 92.9 cm³/mol. The van der Waals surface area contributed by atoms with Crippen LogP contribution in [0.2, 0.25) is 0 Å². The van der Waals surface area contributed by atoms with Crippen LogP contribution in [-0.2, 0) is 11.4 Å². The van der Waals surface area contributed by atoms with Crippen molar-refractivity contribution in [3.63, 3.8) is 0 Å². The Labute approximate surface area is 146 Å². The van der Waals surface area contributed by atoms with Gasteiger partial charge in [-0.2, -0.15) is 0 Å². The molecule has 2 N–H and O–H groups in total. The molecule has 5 nitrogen and oxygen atoms in total. The summed E-state index contributed by atoms with van der Waals surface area (Å²) in [5.74, 6) is 0.276. The van der Waals surface area contributed by atoms with Crippen molar-refractivity contribution in [1.29, 1.82) is 0 Å². The molecule has 2 aromatic rings. The first-order chi connectivity index (χ1) is 12.1. The average molecular weight is 344 g/mol. The number of ether oxygens (including phenoxy) is 1. The van der Waals surface area contributed by atoms with Crippen molar-refractivity contribution in [2.75, 3.05) is 25.0 Å². The Balaban J connectivity index is 1.46. The van der Waals surface area contributed by atoms with E-state index in [1.165, 1.54) is 12.1 Å². The zero-order chi connectivity index (χ0) is 17.6. The number of nitrogens with zero attached hydrogens (tertiary/aromatic N) is 1. The zero-order valence-electron chi connectivity index (χ0n) is 13.8. The lowest BCUT2D eigenvalue weighted by molar-refractivity contribution is -0.132. The zero-order valence-corrected chi connectivity index (χ0v) is 13.8. The lowest BCUT2D eigenvalue weighted by Crippen LogP contribution is -2.34. The monoisotopic (exact) mass is 344 g/mol. The largest absolute Gasteiger partial charge is 0.484 e. The van der Waals surface area contributed by atoms with Crippen molar-refractivity contribution in [1.82, 2.24) is 4.90 Å². The van der Waals surface area contributed by atoms with Gasteiger partial charge in [0, 0.05) is 24.8 Å². The first kappa shape index (κ1) is 17.2. The molecule has 3 rings (SSSR count). The van der Waals surface area contributed by atoms with E-state index in [4.69, 9.17) is 9.84 Å². The number of rotatable bonds is 6. The molecule has 25 heavy (non-hydrogen) atoms. The number of hydrogen-bond donors (Lipinski definition) is 2. The Morgan fingerprint density at radius 3 is 2.60 bits per heavy atom. The van der Waals surface area contributed by atoms with Gasteiger partial charge in [0.2, 0.25) is 0 Å². The molecule has 132 valence electrons. The highest BCUT2D eigenvalue weighted by Crippen LogP contribution is 2.17. The number of aliphatic hydroxyl groups excluding tert-OH is 1. The van der Waals surface area contributed by atoms with Crippen LogP contribution in [0.3, 0.4) is 0 Å². The maximum Gasteiger partial charge on any atom is 0.260 e. The minimum atomic E-state index is -0.266. The number of halogens is 1. The van der Waals surface area contributed by atoms with Gasteiger partial charge in [-0.05, 0) is 48.4 Å². The standard InChI is InChI=1S/C19H21FN2O3/c20-15-3-5-16(6-4-15)21-17-9-10-22(11-17)19(24)13-25-18-7-1-14(12-23)2-8-18/h1-8,17,21,23H,9-13H2. The van der Waals surface area contributed by atoms with Crippen LogP contribution < -0.4 is 10.1 Å². The topological polar surface area (TPSA) is 61.8 Å². The number of anilines is 1. The number of hydrogen-bond acceptors (Lipinski definition) is 4. The third-order valence-electron chi connectivity index (χ3n) is 4.22. The van der Waals surface area contributed by atoms with Crippen molar-refractivity contribution in [3.8, 4) is 5.75 Å². The van der Waals surface area contributed by atoms with Crippen molar-refractivity contribution >= 4 is 11.6 Å². The van der Waals surface area contributed by atoms with Crippen LogP contribution in [0, 0.1) is 5.82 Å². The molecule has 1 aliphatic heterocycles. The van der Waals surface area contributed by atoms with Gasteiger partial charge in [-0.1, -0.05) is 12.1 Å². The van der Waals surface area contributed by atoms with E-state index >= 15 is 0 Å². The van der Waals surface area contributed by atoms with Crippen LogP contribution in [0.15, 0.2) is 48.5 Å². The number of nitrogens with one attached hydrogen (secondary N) is 1. The summed E-state index contributed by atoms with van der Waals surface area (Å²) in [6.07, 6.45) is 0.842. The normalized spacial score (nSPS) is 16.7. The summed E-state index contributed by atoms with van der Waals surface area (Å²) in [4.78, 5) is 14.0. The number of benzene rings is 2. The SMILES string of the molecule is O=C(COc1ccc(CO)cc1)N1CCC(Nc2ccc(F)cc2)C1. The van der Waals surface area contributed by atoms with Gasteiger partial charge in [0.1, 0.15) is 11.6 Å². The second-order valence-electron chi connectivity index (χ2n) is 6.07. The maximum atomic E-state index is 12.9. The Morgan fingerprint density at radius 2 is 1.92 bits per heavy atom. The van der Waals surface area contributed by atoms with Crippen LogP contribution in [-0.4, -0.2) is 41.7 Å². The molecule has 1 fully saturated rings. The molecule has 0 saturated carbocycles. The van der Waals surface area contributed by atoms with Crippen LogP contribution in [0.25, 0.3) is 0 Å². The third-order valence-corrected chi connectivity index (χ3v) is 4.22.